The Morgan fingerprint density at radius 3 is 2.54 bits per heavy atom. The van der Waals surface area contributed by atoms with Crippen LogP contribution in [-0.2, 0) is 0 Å². The number of esters is 1. The number of halogens is 3. The highest BCUT2D eigenvalue weighted by Gasteiger charge is 2.36. The van der Waals surface area contributed by atoms with E-state index in [0.717, 1.165) is 44.6 Å². The number of hydrogen-bond acceptors (Lipinski definition) is 3. The topological polar surface area (TPSA) is 35.5 Å². The van der Waals surface area contributed by atoms with E-state index >= 15 is 4.39 Å². The maximum Gasteiger partial charge on any atom is 0.346 e. The van der Waals surface area contributed by atoms with Gasteiger partial charge in [-0.15, -0.1) is 6.58 Å². The smallest absolute Gasteiger partial charge is 0.346 e. The van der Waals surface area contributed by atoms with E-state index in [1.165, 1.54) is 24.3 Å². The van der Waals surface area contributed by atoms with Crippen LogP contribution >= 0.6 is 0 Å². The zero-order valence-electron chi connectivity index (χ0n) is 19.9. The van der Waals surface area contributed by atoms with Gasteiger partial charge in [-0.3, -0.25) is 0 Å². The van der Waals surface area contributed by atoms with Crippen LogP contribution in [0, 0.1) is 35.2 Å². The first kappa shape index (κ1) is 25.1. The van der Waals surface area contributed by atoms with Crippen molar-refractivity contribution >= 4 is 5.97 Å². The molecule has 2 aliphatic carbocycles. The van der Waals surface area contributed by atoms with E-state index in [-0.39, 0.29) is 24.0 Å². The van der Waals surface area contributed by atoms with Crippen molar-refractivity contribution in [2.24, 2.45) is 17.8 Å². The SMILES string of the molecule is C=CC1CCC2CC(c3ccc(C(=O)Oc4ccc(OC/C=C/C)cc4F)c(F)c3F)CCC2C1. The minimum absolute atomic E-state index is 0.0800. The predicted octanol–water partition coefficient (Wildman–Crippen LogP) is 7.76. The van der Waals surface area contributed by atoms with Crippen LogP contribution in [0.2, 0.25) is 0 Å². The fraction of sp³-hybridized carbons (Fsp3) is 0.414. The molecule has 3 nitrogen and oxygen atoms in total. The standard InChI is InChI=1S/C29H31F3O3/c1-3-5-14-34-22-10-13-26(25(30)17-22)35-29(33)24-12-11-23(27(31)28(24)32)21-9-8-19-15-18(4-2)6-7-20(19)16-21/h3-5,10-13,17-21H,2,6-9,14-16H2,1H3/b5-3+. The summed E-state index contributed by atoms with van der Waals surface area (Å²) in [7, 11) is 0. The van der Waals surface area contributed by atoms with Crippen molar-refractivity contribution in [2.75, 3.05) is 6.61 Å². The lowest BCUT2D eigenvalue weighted by Crippen LogP contribution is -2.30. The van der Waals surface area contributed by atoms with Gasteiger partial charge in [-0.2, -0.15) is 0 Å². The molecule has 2 fully saturated rings. The second kappa shape index (κ2) is 11.1. The Kier molecular flexibility index (Phi) is 7.99. The minimum atomic E-state index is -1.25. The molecule has 4 atom stereocenters. The van der Waals surface area contributed by atoms with Gasteiger partial charge in [0.05, 0.1) is 5.56 Å². The van der Waals surface area contributed by atoms with Gasteiger partial charge in [-0.1, -0.05) is 24.3 Å². The number of rotatable bonds is 7. The van der Waals surface area contributed by atoms with Crippen LogP contribution in [0.15, 0.2) is 55.1 Å². The molecule has 2 aliphatic rings. The molecule has 0 aliphatic heterocycles. The zero-order valence-corrected chi connectivity index (χ0v) is 19.9. The fourth-order valence-corrected chi connectivity index (χ4v) is 5.51. The second-order valence-electron chi connectivity index (χ2n) is 9.53. The lowest BCUT2D eigenvalue weighted by molar-refractivity contribution is 0.0721. The van der Waals surface area contributed by atoms with Crippen molar-refractivity contribution in [3.05, 3.63) is 83.7 Å². The Bertz CT molecular complexity index is 1110. The van der Waals surface area contributed by atoms with Crippen molar-refractivity contribution in [1.82, 2.24) is 0 Å². The van der Waals surface area contributed by atoms with Gasteiger partial charge in [-0.05, 0) is 92.9 Å². The second-order valence-corrected chi connectivity index (χ2v) is 9.53. The van der Waals surface area contributed by atoms with E-state index < -0.39 is 29.0 Å². The molecule has 2 aromatic rings. The van der Waals surface area contributed by atoms with Crippen LogP contribution in [0.25, 0.3) is 0 Å². The summed E-state index contributed by atoms with van der Waals surface area (Å²) >= 11 is 0. The first-order valence-electron chi connectivity index (χ1n) is 12.3. The van der Waals surface area contributed by atoms with Crippen molar-refractivity contribution in [1.29, 1.82) is 0 Å². The van der Waals surface area contributed by atoms with E-state index in [1.54, 1.807) is 12.2 Å². The lowest BCUT2D eigenvalue weighted by atomic mass is 9.64. The van der Waals surface area contributed by atoms with Gasteiger partial charge in [-0.25, -0.2) is 18.0 Å². The van der Waals surface area contributed by atoms with Crippen LogP contribution in [0.4, 0.5) is 13.2 Å². The summed E-state index contributed by atoms with van der Waals surface area (Å²) in [5.41, 5.74) is -0.253. The summed E-state index contributed by atoms with van der Waals surface area (Å²) in [6, 6.07) is 6.45. The van der Waals surface area contributed by atoms with Crippen molar-refractivity contribution in [3.63, 3.8) is 0 Å². The highest BCUT2D eigenvalue weighted by Crippen LogP contribution is 2.48. The quantitative estimate of drug-likeness (QED) is 0.229. The number of ether oxygens (including phenoxy) is 2. The van der Waals surface area contributed by atoms with E-state index in [2.05, 4.69) is 6.58 Å². The highest BCUT2D eigenvalue weighted by atomic mass is 19.2. The molecule has 35 heavy (non-hydrogen) atoms. The highest BCUT2D eigenvalue weighted by molar-refractivity contribution is 5.91. The average molecular weight is 485 g/mol. The molecule has 2 saturated carbocycles. The molecule has 0 spiro atoms. The van der Waals surface area contributed by atoms with Gasteiger partial charge in [0.25, 0.3) is 0 Å². The van der Waals surface area contributed by atoms with Crippen LogP contribution < -0.4 is 9.47 Å². The maximum atomic E-state index is 15.1. The Labute approximate surface area is 204 Å². The number of allylic oxidation sites excluding steroid dienone is 2. The van der Waals surface area contributed by atoms with Crippen molar-refractivity contribution in [2.45, 2.75) is 51.4 Å². The summed E-state index contributed by atoms with van der Waals surface area (Å²) < 4.78 is 54.7. The van der Waals surface area contributed by atoms with E-state index in [1.807, 2.05) is 13.0 Å². The lowest BCUT2D eigenvalue weighted by Gasteiger charge is -2.41. The predicted molar refractivity (Wildman–Crippen MR) is 129 cm³/mol. The number of carbonyl (C=O) groups excluding carboxylic acids is 1. The monoisotopic (exact) mass is 484 g/mol. The van der Waals surface area contributed by atoms with E-state index in [9.17, 15) is 13.6 Å². The number of hydrogen-bond donors (Lipinski definition) is 0. The fourth-order valence-electron chi connectivity index (χ4n) is 5.51. The summed E-state index contributed by atoms with van der Waals surface area (Å²) in [5, 5.41) is 0. The molecule has 6 heteroatoms. The largest absolute Gasteiger partial charge is 0.489 e. The molecule has 0 N–H and O–H groups in total. The summed E-state index contributed by atoms with van der Waals surface area (Å²) in [6.07, 6.45) is 11.5. The van der Waals surface area contributed by atoms with Crippen LogP contribution in [0.5, 0.6) is 11.5 Å². The number of fused-ring (bicyclic) bond motifs is 1. The average Bonchev–Trinajstić information content (AvgIpc) is 2.86. The van der Waals surface area contributed by atoms with Crippen molar-refractivity contribution < 1.29 is 27.4 Å². The maximum absolute atomic E-state index is 15.1. The van der Waals surface area contributed by atoms with Crippen LogP contribution in [-0.4, -0.2) is 12.6 Å². The third-order valence-corrected chi connectivity index (χ3v) is 7.45. The van der Waals surface area contributed by atoms with Crippen LogP contribution in [0.1, 0.15) is 67.3 Å². The van der Waals surface area contributed by atoms with Gasteiger partial charge >= 0.3 is 5.97 Å². The molecule has 0 bridgehead atoms. The molecule has 0 heterocycles. The summed E-state index contributed by atoms with van der Waals surface area (Å²) in [4.78, 5) is 12.5. The van der Waals surface area contributed by atoms with E-state index in [4.69, 9.17) is 9.47 Å². The minimum Gasteiger partial charge on any atom is -0.489 e. The Balaban J connectivity index is 1.44. The van der Waals surface area contributed by atoms with E-state index in [0.29, 0.717) is 23.3 Å². The van der Waals surface area contributed by atoms with Gasteiger partial charge in [0.2, 0.25) is 0 Å². The van der Waals surface area contributed by atoms with Crippen LogP contribution in [0.3, 0.4) is 0 Å². The van der Waals surface area contributed by atoms with Gasteiger partial charge in [0.15, 0.2) is 23.2 Å². The molecule has 0 amide bonds. The third-order valence-electron chi connectivity index (χ3n) is 7.45. The number of benzene rings is 2. The number of carbonyl (C=O) groups is 1. The molecule has 4 rings (SSSR count). The first-order valence-corrected chi connectivity index (χ1v) is 12.3. The molecule has 0 aromatic heterocycles. The molecule has 4 unspecified atom stereocenters. The Morgan fingerprint density at radius 2 is 1.80 bits per heavy atom. The molecule has 186 valence electrons. The molecule has 0 radical (unpaired) electrons. The zero-order chi connectivity index (χ0) is 24.9. The van der Waals surface area contributed by atoms with Gasteiger partial charge in [0, 0.05) is 6.07 Å². The molecule has 2 aromatic carbocycles. The van der Waals surface area contributed by atoms with Crippen molar-refractivity contribution in [3.8, 4) is 11.5 Å². The van der Waals surface area contributed by atoms with Gasteiger partial charge in [0.1, 0.15) is 12.4 Å². The molecular weight excluding hydrogens is 453 g/mol. The summed E-state index contributed by atoms with van der Waals surface area (Å²) in [5.74, 6) is -2.79. The van der Waals surface area contributed by atoms with Gasteiger partial charge < -0.3 is 9.47 Å². The molecule has 0 saturated heterocycles. The molecular formula is C29H31F3O3. The first-order chi connectivity index (χ1) is 16.9. The summed E-state index contributed by atoms with van der Waals surface area (Å²) in [6.45, 7) is 6.02. The Hall–Kier alpha value is -3.02. The third kappa shape index (κ3) is 5.63. The normalized spacial score (nSPS) is 24.1. The Morgan fingerprint density at radius 1 is 1.03 bits per heavy atom.